The van der Waals surface area contributed by atoms with E-state index in [4.69, 9.17) is 17.0 Å². The highest BCUT2D eigenvalue weighted by Gasteiger charge is 2.42. The molecule has 2 aliphatic rings. The summed E-state index contributed by atoms with van der Waals surface area (Å²) in [6.45, 7) is 5.94. The van der Waals surface area contributed by atoms with Crippen LogP contribution in [-0.2, 0) is 4.74 Å². The van der Waals surface area contributed by atoms with Crippen molar-refractivity contribution >= 4 is 17.3 Å². The lowest BCUT2D eigenvalue weighted by Crippen LogP contribution is -2.36. The molecule has 2 aromatic heterocycles. The molecule has 4 heterocycles. The van der Waals surface area contributed by atoms with Crippen molar-refractivity contribution in [2.75, 3.05) is 13.2 Å². The van der Waals surface area contributed by atoms with E-state index in [0.717, 1.165) is 42.5 Å². The predicted molar refractivity (Wildman–Crippen MR) is 126 cm³/mol. The molecule has 5 rings (SSSR count). The first kappa shape index (κ1) is 20.2. The van der Waals surface area contributed by atoms with E-state index in [-0.39, 0.29) is 18.2 Å². The number of ether oxygens (including phenoxy) is 1. The summed E-state index contributed by atoms with van der Waals surface area (Å²) in [7, 11) is 0. The number of nitrogens with one attached hydrogen (secondary N) is 1. The van der Waals surface area contributed by atoms with Gasteiger partial charge in [-0.3, -0.25) is 4.98 Å². The number of benzene rings is 1. The minimum absolute atomic E-state index is 0.0182. The molecule has 0 unspecified atom stereocenters. The molecule has 1 N–H and O–H groups in total. The van der Waals surface area contributed by atoms with Crippen LogP contribution in [0.1, 0.15) is 47.4 Å². The van der Waals surface area contributed by atoms with Crippen molar-refractivity contribution in [1.82, 2.24) is 19.8 Å². The van der Waals surface area contributed by atoms with Crippen LogP contribution in [0, 0.1) is 13.8 Å². The minimum atomic E-state index is -0.0182. The normalized spacial score (nSPS) is 23.4. The van der Waals surface area contributed by atoms with E-state index in [9.17, 15) is 0 Å². The van der Waals surface area contributed by atoms with E-state index < -0.39 is 0 Å². The number of aromatic nitrogens is 2. The van der Waals surface area contributed by atoms with Crippen LogP contribution in [0.25, 0.3) is 5.69 Å². The Kier molecular flexibility index (Phi) is 5.50. The molecule has 3 atom stereocenters. The van der Waals surface area contributed by atoms with Gasteiger partial charge in [-0.15, -0.1) is 0 Å². The molecule has 0 aliphatic carbocycles. The number of aryl methyl sites for hydroxylation is 2. The van der Waals surface area contributed by atoms with Crippen LogP contribution in [0.4, 0.5) is 0 Å². The van der Waals surface area contributed by atoms with E-state index in [1.165, 1.54) is 16.8 Å². The first-order valence-corrected chi connectivity index (χ1v) is 11.4. The SMILES string of the molecule is Cc1ccc(-n2cccc2[C@@H]2[C@@H](c3ccccn3)NC(=S)N2C[C@H]2CCCO2)cc1C. The molecule has 3 aromatic rings. The third kappa shape index (κ3) is 3.86. The fourth-order valence-corrected chi connectivity index (χ4v) is 4.99. The molecule has 0 spiro atoms. The highest BCUT2D eigenvalue weighted by molar-refractivity contribution is 7.80. The summed E-state index contributed by atoms with van der Waals surface area (Å²) < 4.78 is 8.25. The average molecular weight is 433 g/mol. The van der Waals surface area contributed by atoms with Gasteiger partial charge in [-0.05, 0) is 86.4 Å². The second-order valence-corrected chi connectivity index (χ2v) is 8.87. The third-order valence-electron chi connectivity index (χ3n) is 6.47. The summed E-state index contributed by atoms with van der Waals surface area (Å²) in [5.41, 5.74) is 5.95. The smallest absolute Gasteiger partial charge is 0.170 e. The van der Waals surface area contributed by atoms with E-state index in [2.05, 4.69) is 76.2 Å². The van der Waals surface area contributed by atoms with Crippen LogP contribution in [0.3, 0.4) is 0 Å². The molecule has 1 aromatic carbocycles. The zero-order chi connectivity index (χ0) is 21.4. The molecule has 2 aliphatic heterocycles. The maximum absolute atomic E-state index is 5.96. The van der Waals surface area contributed by atoms with Crippen molar-refractivity contribution in [3.63, 3.8) is 0 Å². The van der Waals surface area contributed by atoms with E-state index >= 15 is 0 Å². The summed E-state index contributed by atoms with van der Waals surface area (Å²) in [6.07, 6.45) is 6.40. The lowest BCUT2D eigenvalue weighted by molar-refractivity contribution is 0.0836. The van der Waals surface area contributed by atoms with Crippen molar-refractivity contribution in [3.8, 4) is 5.69 Å². The van der Waals surface area contributed by atoms with Gasteiger partial charge in [0.15, 0.2) is 5.11 Å². The van der Waals surface area contributed by atoms with Crippen LogP contribution >= 0.6 is 12.2 Å². The quantitative estimate of drug-likeness (QED) is 0.595. The molecule has 2 saturated heterocycles. The van der Waals surface area contributed by atoms with Gasteiger partial charge in [-0.2, -0.15) is 0 Å². The van der Waals surface area contributed by atoms with Gasteiger partial charge < -0.3 is 19.5 Å². The van der Waals surface area contributed by atoms with Gasteiger partial charge in [0.05, 0.1) is 23.9 Å². The Morgan fingerprint density at radius 1 is 1.13 bits per heavy atom. The van der Waals surface area contributed by atoms with Gasteiger partial charge in [0.2, 0.25) is 0 Å². The molecule has 5 nitrogen and oxygen atoms in total. The number of pyridine rings is 1. The number of hydrogen-bond donors (Lipinski definition) is 1. The van der Waals surface area contributed by atoms with Crippen molar-refractivity contribution < 1.29 is 4.74 Å². The van der Waals surface area contributed by atoms with E-state index in [1.807, 2.05) is 18.3 Å². The van der Waals surface area contributed by atoms with Gasteiger partial charge in [-0.1, -0.05) is 12.1 Å². The molecule has 0 saturated carbocycles. The average Bonchev–Trinajstić information content (AvgIpc) is 3.52. The maximum Gasteiger partial charge on any atom is 0.170 e. The molecule has 0 bridgehead atoms. The van der Waals surface area contributed by atoms with Crippen molar-refractivity contribution in [3.05, 3.63) is 83.4 Å². The number of hydrogen-bond acceptors (Lipinski definition) is 3. The fourth-order valence-electron chi connectivity index (χ4n) is 4.68. The Morgan fingerprint density at radius 2 is 2.03 bits per heavy atom. The third-order valence-corrected chi connectivity index (χ3v) is 6.83. The lowest BCUT2D eigenvalue weighted by Gasteiger charge is -2.30. The van der Waals surface area contributed by atoms with Crippen LogP contribution in [-0.4, -0.2) is 38.8 Å². The number of thiocarbonyl (C=S) groups is 1. The van der Waals surface area contributed by atoms with Crippen molar-refractivity contribution in [1.29, 1.82) is 0 Å². The Hall–Kier alpha value is -2.70. The van der Waals surface area contributed by atoms with Gasteiger partial charge in [0.1, 0.15) is 0 Å². The molecule has 2 fully saturated rings. The Bertz CT molecular complexity index is 1070. The Balaban J connectivity index is 1.57. The second-order valence-electron chi connectivity index (χ2n) is 8.49. The highest BCUT2D eigenvalue weighted by atomic mass is 32.1. The van der Waals surface area contributed by atoms with Crippen LogP contribution in [0.15, 0.2) is 60.9 Å². The topological polar surface area (TPSA) is 42.3 Å². The largest absolute Gasteiger partial charge is 0.376 e. The minimum Gasteiger partial charge on any atom is -0.376 e. The molecule has 0 radical (unpaired) electrons. The molecule has 0 amide bonds. The van der Waals surface area contributed by atoms with Crippen LogP contribution in [0.5, 0.6) is 0 Å². The summed E-state index contributed by atoms with van der Waals surface area (Å²) in [4.78, 5) is 6.96. The molecular weight excluding hydrogens is 404 g/mol. The van der Waals surface area contributed by atoms with Crippen LogP contribution < -0.4 is 5.32 Å². The molecule has 160 valence electrons. The van der Waals surface area contributed by atoms with E-state index in [1.54, 1.807) is 0 Å². The number of rotatable bonds is 5. The zero-order valence-electron chi connectivity index (χ0n) is 18.0. The summed E-state index contributed by atoms with van der Waals surface area (Å²) in [6, 6.07) is 17.0. The predicted octanol–water partition coefficient (Wildman–Crippen LogP) is 4.64. The summed E-state index contributed by atoms with van der Waals surface area (Å²) in [5, 5.41) is 4.33. The van der Waals surface area contributed by atoms with Crippen molar-refractivity contribution in [2.45, 2.75) is 44.9 Å². The van der Waals surface area contributed by atoms with Crippen LogP contribution in [0.2, 0.25) is 0 Å². The lowest BCUT2D eigenvalue weighted by atomic mass is 10.0. The number of nitrogens with zero attached hydrogens (tertiary/aromatic N) is 3. The maximum atomic E-state index is 5.96. The Labute approximate surface area is 189 Å². The highest BCUT2D eigenvalue weighted by Crippen LogP contribution is 2.40. The first-order valence-electron chi connectivity index (χ1n) is 11.0. The zero-order valence-corrected chi connectivity index (χ0v) is 18.8. The van der Waals surface area contributed by atoms with Gasteiger partial charge >= 0.3 is 0 Å². The molecular formula is C25H28N4OS. The summed E-state index contributed by atoms with van der Waals surface area (Å²) >= 11 is 5.82. The molecule has 6 heteroatoms. The molecule has 31 heavy (non-hydrogen) atoms. The fraction of sp³-hybridized carbons (Fsp3) is 0.360. The Morgan fingerprint density at radius 3 is 2.77 bits per heavy atom. The monoisotopic (exact) mass is 432 g/mol. The van der Waals surface area contributed by atoms with Gasteiger partial charge in [0.25, 0.3) is 0 Å². The van der Waals surface area contributed by atoms with E-state index in [0.29, 0.717) is 0 Å². The van der Waals surface area contributed by atoms with Gasteiger partial charge in [0, 0.05) is 36.9 Å². The first-order chi connectivity index (χ1) is 15.1. The van der Waals surface area contributed by atoms with Gasteiger partial charge in [-0.25, -0.2) is 0 Å². The standard InChI is InChI=1S/C25H28N4OS/c1-17-10-11-19(15-18(17)2)28-13-5-9-22(28)24-23(21-8-3-4-12-26-21)27-25(31)29(24)16-20-7-6-14-30-20/h3-5,8-13,15,20,23-24H,6-7,14,16H2,1-2H3,(H,27,31)/t20-,23-,24-/m1/s1. The summed E-state index contributed by atoms with van der Waals surface area (Å²) in [5.74, 6) is 0. The van der Waals surface area contributed by atoms with Crippen molar-refractivity contribution in [2.24, 2.45) is 0 Å². The second kappa shape index (κ2) is 8.44.